The molecule has 158 valence electrons. The quantitative estimate of drug-likeness (QED) is 0.588. The van der Waals surface area contributed by atoms with Crippen molar-refractivity contribution in [1.82, 2.24) is 20.4 Å². The molecule has 1 aliphatic rings. The van der Waals surface area contributed by atoms with Crippen LogP contribution in [0.15, 0.2) is 30.5 Å². The van der Waals surface area contributed by atoms with E-state index in [0.717, 1.165) is 21.3 Å². The first-order valence-corrected chi connectivity index (χ1v) is 10.6. The van der Waals surface area contributed by atoms with Gasteiger partial charge in [0.15, 0.2) is 0 Å². The van der Waals surface area contributed by atoms with Gasteiger partial charge in [0.2, 0.25) is 0 Å². The third-order valence-electron chi connectivity index (χ3n) is 5.17. The van der Waals surface area contributed by atoms with E-state index in [4.69, 9.17) is 9.47 Å². The Kier molecular flexibility index (Phi) is 6.12. The Morgan fingerprint density at radius 3 is 3.00 bits per heavy atom. The van der Waals surface area contributed by atoms with Crippen LogP contribution in [0.2, 0.25) is 0 Å². The van der Waals surface area contributed by atoms with Gasteiger partial charge in [-0.2, -0.15) is 5.10 Å². The number of carbonyl (C=O) groups excluding carboxylic acids is 2. The summed E-state index contributed by atoms with van der Waals surface area (Å²) >= 11 is 1.44. The summed E-state index contributed by atoms with van der Waals surface area (Å²) in [5.41, 5.74) is 2.14. The molecule has 9 heteroatoms. The number of benzene rings is 1. The van der Waals surface area contributed by atoms with E-state index in [1.54, 1.807) is 18.2 Å². The zero-order valence-electron chi connectivity index (χ0n) is 16.9. The summed E-state index contributed by atoms with van der Waals surface area (Å²) in [6, 6.07) is 7.90. The summed E-state index contributed by atoms with van der Waals surface area (Å²) in [6.45, 7) is 3.98. The van der Waals surface area contributed by atoms with Crippen molar-refractivity contribution < 1.29 is 19.1 Å². The largest absolute Gasteiger partial charge is 0.383 e. The topological polar surface area (TPSA) is 96.5 Å². The lowest BCUT2D eigenvalue weighted by atomic mass is 10.0. The number of aryl methyl sites for hydroxylation is 1. The van der Waals surface area contributed by atoms with Crippen molar-refractivity contribution in [2.24, 2.45) is 0 Å². The zero-order chi connectivity index (χ0) is 21.1. The minimum absolute atomic E-state index is 0.0832. The fourth-order valence-corrected chi connectivity index (χ4v) is 4.82. The highest BCUT2D eigenvalue weighted by Gasteiger charge is 2.32. The van der Waals surface area contributed by atoms with E-state index in [9.17, 15) is 9.59 Å². The van der Waals surface area contributed by atoms with E-state index >= 15 is 0 Å². The van der Waals surface area contributed by atoms with Gasteiger partial charge in [-0.3, -0.25) is 14.7 Å². The average Bonchev–Trinajstić information content (AvgIpc) is 3.37. The van der Waals surface area contributed by atoms with Gasteiger partial charge in [0.25, 0.3) is 11.8 Å². The van der Waals surface area contributed by atoms with Gasteiger partial charge in [-0.1, -0.05) is 18.2 Å². The second-order valence-corrected chi connectivity index (χ2v) is 8.16. The van der Waals surface area contributed by atoms with Crippen LogP contribution in [-0.2, 0) is 9.47 Å². The molecule has 0 aliphatic carbocycles. The lowest BCUT2D eigenvalue weighted by Gasteiger charge is -2.33. The van der Waals surface area contributed by atoms with Crippen molar-refractivity contribution in [3.63, 3.8) is 0 Å². The number of thiophene rings is 1. The summed E-state index contributed by atoms with van der Waals surface area (Å²) in [4.78, 5) is 28.3. The zero-order valence-corrected chi connectivity index (χ0v) is 17.8. The van der Waals surface area contributed by atoms with Crippen LogP contribution in [0, 0.1) is 6.92 Å². The first-order valence-electron chi connectivity index (χ1n) is 9.79. The van der Waals surface area contributed by atoms with Crippen LogP contribution in [0.5, 0.6) is 0 Å². The van der Waals surface area contributed by atoms with Gasteiger partial charge in [0, 0.05) is 36.2 Å². The van der Waals surface area contributed by atoms with Crippen LogP contribution in [-0.4, -0.2) is 66.9 Å². The van der Waals surface area contributed by atoms with Gasteiger partial charge in [0.05, 0.1) is 36.4 Å². The molecule has 1 aliphatic heterocycles. The minimum Gasteiger partial charge on any atom is -0.383 e. The fourth-order valence-electron chi connectivity index (χ4n) is 3.65. The van der Waals surface area contributed by atoms with Gasteiger partial charge >= 0.3 is 0 Å². The Labute approximate surface area is 178 Å². The van der Waals surface area contributed by atoms with Crippen LogP contribution in [0.1, 0.15) is 37.4 Å². The number of amides is 2. The summed E-state index contributed by atoms with van der Waals surface area (Å²) < 4.78 is 12.1. The fraction of sp³-hybridized carbons (Fsp3) is 0.381. The van der Waals surface area contributed by atoms with Crippen molar-refractivity contribution in [1.29, 1.82) is 0 Å². The molecule has 30 heavy (non-hydrogen) atoms. The summed E-state index contributed by atoms with van der Waals surface area (Å²) in [7, 11) is 1.60. The monoisotopic (exact) mass is 428 g/mol. The molecule has 8 nitrogen and oxygen atoms in total. The molecule has 1 aromatic carbocycles. The number of nitrogens with zero attached hydrogens (tertiary/aromatic N) is 2. The maximum absolute atomic E-state index is 13.0. The van der Waals surface area contributed by atoms with Crippen LogP contribution >= 0.6 is 11.3 Å². The molecule has 2 N–H and O–H groups in total. The highest BCUT2D eigenvalue weighted by molar-refractivity contribution is 7.21. The van der Waals surface area contributed by atoms with Crippen LogP contribution < -0.4 is 5.32 Å². The summed E-state index contributed by atoms with van der Waals surface area (Å²) in [5.74, 6) is -0.235. The third kappa shape index (κ3) is 3.96. The second-order valence-electron chi connectivity index (χ2n) is 7.11. The molecule has 4 rings (SSSR count). The Hall–Kier alpha value is -2.75. The second kappa shape index (κ2) is 8.95. The number of aromatic nitrogens is 2. The normalized spacial score (nSPS) is 16.7. The van der Waals surface area contributed by atoms with Crippen LogP contribution in [0.3, 0.4) is 0 Å². The first-order chi connectivity index (χ1) is 14.6. The molecule has 1 atom stereocenters. The predicted octanol–water partition coefficient (Wildman–Crippen LogP) is 2.52. The molecular weight excluding hydrogens is 404 g/mol. The number of rotatable bonds is 6. The van der Waals surface area contributed by atoms with Gasteiger partial charge in [0.1, 0.15) is 6.10 Å². The molecule has 0 unspecified atom stereocenters. The molecule has 0 bridgehead atoms. The third-order valence-corrected chi connectivity index (χ3v) is 6.35. The molecule has 3 aromatic rings. The molecule has 0 saturated carbocycles. The Morgan fingerprint density at radius 1 is 1.40 bits per heavy atom. The lowest BCUT2D eigenvalue weighted by Crippen LogP contribution is -2.42. The van der Waals surface area contributed by atoms with Gasteiger partial charge in [-0.25, -0.2) is 0 Å². The highest BCUT2D eigenvalue weighted by atomic mass is 32.1. The molecular formula is C21H24N4O4S. The van der Waals surface area contributed by atoms with Crippen LogP contribution in [0.25, 0.3) is 10.1 Å². The smallest absolute Gasteiger partial charge is 0.261 e. The average molecular weight is 429 g/mol. The Balaban J connectivity index is 1.64. The van der Waals surface area contributed by atoms with Gasteiger partial charge in [-0.15, -0.1) is 11.3 Å². The van der Waals surface area contributed by atoms with E-state index in [1.807, 2.05) is 31.2 Å². The van der Waals surface area contributed by atoms with E-state index in [1.165, 1.54) is 11.3 Å². The Morgan fingerprint density at radius 2 is 2.23 bits per heavy atom. The van der Waals surface area contributed by atoms with Crippen molar-refractivity contribution in [3.05, 3.63) is 52.2 Å². The number of nitrogens with one attached hydrogen (secondary N) is 2. The van der Waals surface area contributed by atoms with Gasteiger partial charge < -0.3 is 19.7 Å². The highest BCUT2D eigenvalue weighted by Crippen LogP contribution is 2.38. The first kappa shape index (κ1) is 20.5. The van der Waals surface area contributed by atoms with E-state index < -0.39 is 0 Å². The number of methoxy groups -OCH3 is 1. The summed E-state index contributed by atoms with van der Waals surface area (Å²) in [6.07, 6.45) is 1.17. The van der Waals surface area contributed by atoms with Gasteiger partial charge in [-0.05, 0) is 18.4 Å². The maximum atomic E-state index is 13.0. The van der Waals surface area contributed by atoms with E-state index in [0.29, 0.717) is 43.3 Å². The number of fused-ring (bicyclic) bond motifs is 1. The maximum Gasteiger partial charge on any atom is 0.261 e. The Bertz CT molecular complexity index is 1060. The van der Waals surface area contributed by atoms with Crippen molar-refractivity contribution in [2.45, 2.75) is 13.0 Å². The summed E-state index contributed by atoms with van der Waals surface area (Å²) in [5, 5.41) is 10.7. The number of hydrogen-bond acceptors (Lipinski definition) is 6. The lowest BCUT2D eigenvalue weighted by molar-refractivity contribution is -0.0222. The molecule has 2 aromatic heterocycles. The number of aromatic amines is 1. The van der Waals surface area contributed by atoms with Crippen molar-refractivity contribution in [2.75, 3.05) is 40.0 Å². The molecule has 3 heterocycles. The SMILES string of the molecule is COCCNC(=O)c1sc2ccccc2c1[C@@H]1CN(C(=O)c2cn[nH]c2C)CCO1. The number of H-pyrrole nitrogens is 1. The number of morpholine rings is 1. The number of hydrogen-bond donors (Lipinski definition) is 2. The number of ether oxygens (including phenoxy) is 2. The predicted molar refractivity (Wildman–Crippen MR) is 114 cm³/mol. The standard InChI is InChI=1S/C21H24N4O4S/c1-13-15(11-23-24-13)21(27)25-8-10-29-16(12-25)18-14-5-3-4-6-17(14)30-19(18)20(26)22-7-9-28-2/h3-6,11,16H,7-10,12H2,1-2H3,(H,22,26)(H,23,24)/t16-/m0/s1. The molecule has 0 radical (unpaired) electrons. The molecule has 2 amide bonds. The number of carbonyl (C=O) groups is 2. The molecule has 0 spiro atoms. The van der Waals surface area contributed by atoms with Crippen LogP contribution in [0.4, 0.5) is 0 Å². The molecule has 1 fully saturated rings. The van der Waals surface area contributed by atoms with E-state index in [2.05, 4.69) is 15.5 Å². The minimum atomic E-state index is -0.380. The van der Waals surface area contributed by atoms with E-state index in [-0.39, 0.29) is 17.9 Å². The molecule has 1 saturated heterocycles. The van der Waals surface area contributed by atoms with Crippen molar-refractivity contribution >= 4 is 33.2 Å². The van der Waals surface area contributed by atoms with Crippen molar-refractivity contribution in [3.8, 4) is 0 Å².